The van der Waals surface area contributed by atoms with Crippen molar-refractivity contribution in [1.29, 1.82) is 0 Å². The van der Waals surface area contributed by atoms with Gasteiger partial charge in [0, 0.05) is 25.7 Å². The topological polar surface area (TPSA) is 113 Å². The molecule has 2 aliphatic heterocycles. The molecule has 27 heavy (non-hydrogen) atoms. The van der Waals surface area contributed by atoms with Crippen LogP contribution in [0.2, 0.25) is 0 Å². The van der Waals surface area contributed by atoms with Gasteiger partial charge in [-0.25, -0.2) is 13.2 Å². The molecule has 0 saturated carbocycles. The van der Waals surface area contributed by atoms with Crippen molar-refractivity contribution in [3.05, 3.63) is 11.8 Å². The smallest absolute Gasteiger partial charge is 0.320 e. The second kappa shape index (κ2) is 7.87. The second-order valence-electron chi connectivity index (χ2n) is 7.39. The van der Waals surface area contributed by atoms with Crippen LogP contribution in [0.15, 0.2) is 10.6 Å². The van der Waals surface area contributed by atoms with Crippen molar-refractivity contribution in [2.75, 3.05) is 36.5 Å². The predicted octanol–water partition coefficient (Wildman–Crippen LogP) is 1.44. The number of urea groups is 1. The van der Waals surface area contributed by atoms with Gasteiger partial charge in [-0.3, -0.25) is 10.1 Å². The van der Waals surface area contributed by atoms with Crippen LogP contribution in [0.3, 0.4) is 0 Å². The Bertz CT molecular complexity index is 790. The zero-order valence-electron chi connectivity index (χ0n) is 15.7. The van der Waals surface area contributed by atoms with Crippen molar-refractivity contribution in [3.8, 4) is 0 Å². The van der Waals surface area contributed by atoms with Crippen molar-refractivity contribution in [1.82, 2.24) is 15.0 Å². The molecule has 3 amide bonds. The van der Waals surface area contributed by atoms with Crippen LogP contribution in [0.5, 0.6) is 0 Å². The van der Waals surface area contributed by atoms with Gasteiger partial charge >= 0.3 is 6.03 Å². The fourth-order valence-corrected chi connectivity index (χ4v) is 4.54. The van der Waals surface area contributed by atoms with E-state index in [1.54, 1.807) is 11.0 Å². The minimum atomic E-state index is -3.07. The van der Waals surface area contributed by atoms with Crippen molar-refractivity contribution < 1.29 is 22.5 Å². The van der Waals surface area contributed by atoms with Crippen LogP contribution < -0.4 is 5.32 Å². The molecule has 3 heterocycles. The maximum Gasteiger partial charge on any atom is 0.320 e. The molecule has 1 N–H and O–H groups in total. The lowest BCUT2D eigenvalue weighted by atomic mass is 10.0. The number of piperidine rings is 1. The number of anilines is 1. The first-order chi connectivity index (χ1) is 12.8. The number of rotatable bonds is 3. The molecule has 0 aromatic carbocycles. The maximum absolute atomic E-state index is 12.9. The SMILES string of the molecule is CC(C)c1cc(NC(=O)[C@@H]2CCCCN2C(=O)N2CCS(=O)(=O)CC2)on1. The average Bonchev–Trinajstić information content (AvgIpc) is 3.10. The molecule has 0 unspecified atom stereocenters. The first-order valence-corrected chi connectivity index (χ1v) is 11.1. The van der Waals surface area contributed by atoms with Gasteiger partial charge in [-0.05, 0) is 25.2 Å². The van der Waals surface area contributed by atoms with Gasteiger partial charge in [0.05, 0.1) is 17.2 Å². The normalized spacial score (nSPS) is 22.7. The number of carbonyl (C=O) groups excluding carboxylic acids is 2. The molecule has 2 aliphatic rings. The Morgan fingerprint density at radius 3 is 2.56 bits per heavy atom. The molecule has 2 saturated heterocycles. The molecule has 2 fully saturated rings. The number of hydrogen-bond donors (Lipinski definition) is 1. The van der Waals surface area contributed by atoms with E-state index in [0.29, 0.717) is 13.0 Å². The summed E-state index contributed by atoms with van der Waals surface area (Å²) in [7, 11) is -3.07. The Morgan fingerprint density at radius 1 is 1.22 bits per heavy atom. The van der Waals surface area contributed by atoms with E-state index in [1.165, 1.54) is 4.90 Å². The van der Waals surface area contributed by atoms with Crippen LogP contribution in [0.25, 0.3) is 0 Å². The molecule has 3 rings (SSSR count). The lowest BCUT2D eigenvalue weighted by molar-refractivity contribution is -0.121. The first kappa shape index (κ1) is 19.7. The van der Waals surface area contributed by atoms with Crippen molar-refractivity contribution in [2.24, 2.45) is 0 Å². The van der Waals surface area contributed by atoms with Crippen LogP contribution in [-0.2, 0) is 14.6 Å². The summed E-state index contributed by atoms with van der Waals surface area (Å²) >= 11 is 0. The highest BCUT2D eigenvalue weighted by molar-refractivity contribution is 7.91. The van der Waals surface area contributed by atoms with Crippen molar-refractivity contribution in [3.63, 3.8) is 0 Å². The molecule has 0 bridgehead atoms. The second-order valence-corrected chi connectivity index (χ2v) is 9.69. The molecular weight excluding hydrogens is 372 g/mol. The standard InChI is InChI=1S/C17H26N4O5S/c1-12(2)13-11-15(26-19-13)18-16(22)14-5-3-4-6-21(14)17(23)20-7-9-27(24,25)10-8-20/h11-12,14H,3-10H2,1-2H3,(H,18,22)/t14-/m0/s1. The van der Waals surface area contributed by atoms with Crippen LogP contribution in [0.4, 0.5) is 10.7 Å². The highest BCUT2D eigenvalue weighted by Gasteiger charge is 2.36. The highest BCUT2D eigenvalue weighted by atomic mass is 32.2. The summed E-state index contributed by atoms with van der Waals surface area (Å²) in [6.45, 7) is 4.78. The van der Waals surface area contributed by atoms with Gasteiger partial charge in [0.1, 0.15) is 6.04 Å². The molecular formula is C17H26N4O5S. The summed E-state index contributed by atoms with van der Waals surface area (Å²) < 4.78 is 28.3. The van der Waals surface area contributed by atoms with Crippen LogP contribution in [0, 0.1) is 0 Å². The number of hydrogen-bond acceptors (Lipinski definition) is 6. The minimum absolute atomic E-state index is 0.0283. The average molecular weight is 398 g/mol. The minimum Gasteiger partial charge on any atom is -0.338 e. The van der Waals surface area contributed by atoms with E-state index in [0.717, 1.165) is 18.5 Å². The Labute approximate surface area is 159 Å². The summed E-state index contributed by atoms with van der Waals surface area (Å²) in [4.78, 5) is 28.7. The van der Waals surface area contributed by atoms with Crippen molar-refractivity contribution >= 4 is 27.7 Å². The van der Waals surface area contributed by atoms with Gasteiger partial charge < -0.3 is 14.3 Å². The quantitative estimate of drug-likeness (QED) is 0.824. The lowest BCUT2D eigenvalue weighted by Gasteiger charge is -2.39. The summed E-state index contributed by atoms with van der Waals surface area (Å²) in [5.74, 6) is 0.0892. The van der Waals surface area contributed by atoms with Gasteiger partial charge in [0.15, 0.2) is 9.84 Å². The van der Waals surface area contributed by atoms with E-state index in [1.807, 2.05) is 13.8 Å². The molecule has 10 heteroatoms. The van der Waals surface area contributed by atoms with E-state index in [-0.39, 0.29) is 48.3 Å². The number of likely N-dealkylation sites (tertiary alicyclic amines) is 1. The number of aromatic nitrogens is 1. The van der Waals surface area contributed by atoms with Crippen molar-refractivity contribution in [2.45, 2.75) is 45.1 Å². The third-order valence-corrected chi connectivity index (χ3v) is 6.64. The van der Waals surface area contributed by atoms with E-state index < -0.39 is 15.9 Å². The number of amides is 3. The molecule has 0 spiro atoms. The molecule has 150 valence electrons. The fourth-order valence-electron chi connectivity index (χ4n) is 3.34. The monoisotopic (exact) mass is 398 g/mol. The zero-order valence-corrected chi connectivity index (χ0v) is 16.5. The van der Waals surface area contributed by atoms with E-state index in [4.69, 9.17) is 4.52 Å². The van der Waals surface area contributed by atoms with Crippen LogP contribution in [-0.4, -0.2) is 72.5 Å². The van der Waals surface area contributed by atoms with Crippen LogP contribution in [0.1, 0.15) is 44.7 Å². The Balaban J connectivity index is 1.67. The Kier molecular flexibility index (Phi) is 5.73. The van der Waals surface area contributed by atoms with Gasteiger partial charge in [-0.2, -0.15) is 0 Å². The van der Waals surface area contributed by atoms with Gasteiger partial charge in [0.25, 0.3) is 0 Å². The van der Waals surface area contributed by atoms with Crippen LogP contribution >= 0.6 is 0 Å². The van der Waals surface area contributed by atoms with E-state index in [9.17, 15) is 18.0 Å². The van der Waals surface area contributed by atoms with Gasteiger partial charge in [-0.1, -0.05) is 19.0 Å². The number of nitrogens with one attached hydrogen (secondary N) is 1. The molecule has 0 aliphatic carbocycles. The number of nitrogens with zero attached hydrogens (tertiary/aromatic N) is 3. The summed E-state index contributed by atoms with van der Waals surface area (Å²) in [5, 5.41) is 6.63. The highest BCUT2D eigenvalue weighted by Crippen LogP contribution is 2.23. The Morgan fingerprint density at radius 2 is 1.93 bits per heavy atom. The summed E-state index contributed by atoms with van der Waals surface area (Å²) in [6, 6.07) is 0.815. The lowest BCUT2D eigenvalue weighted by Crippen LogP contribution is -2.56. The van der Waals surface area contributed by atoms with Gasteiger partial charge in [-0.15, -0.1) is 0 Å². The predicted molar refractivity (Wildman–Crippen MR) is 99.2 cm³/mol. The number of carbonyl (C=O) groups is 2. The number of sulfone groups is 1. The molecule has 1 aromatic heterocycles. The largest absolute Gasteiger partial charge is 0.338 e. The molecule has 9 nitrogen and oxygen atoms in total. The molecule has 1 aromatic rings. The third kappa shape index (κ3) is 4.60. The zero-order chi connectivity index (χ0) is 19.6. The maximum atomic E-state index is 12.9. The molecule has 0 radical (unpaired) electrons. The first-order valence-electron chi connectivity index (χ1n) is 9.30. The summed E-state index contributed by atoms with van der Waals surface area (Å²) in [5.41, 5.74) is 0.747. The fraction of sp³-hybridized carbons (Fsp3) is 0.706. The summed E-state index contributed by atoms with van der Waals surface area (Å²) in [6.07, 6.45) is 2.24. The Hall–Kier alpha value is -2.10. The third-order valence-electron chi connectivity index (χ3n) is 5.03. The molecule has 1 atom stereocenters. The van der Waals surface area contributed by atoms with Gasteiger partial charge in [0.2, 0.25) is 11.8 Å². The van der Waals surface area contributed by atoms with E-state index in [2.05, 4.69) is 10.5 Å². The van der Waals surface area contributed by atoms with E-state index >= 15 is 0 Å².